The average Bonchev–Trinajstić information content (AvgIpc) is 3.18. The SMILES string of the molecule is COc1ccccc1C(OC1C[C@@H]2CC3(C[C@@H]2C1)OCC(C)(C)CO3)C(=O)O. The number of para-hydroxylation sites is 1. The molecular formula is C22H30O6. The highest BCUT2D eigenvalue weighted by Gasteiger charge is 2.54. The van der Waals surface area contributed by atoms with Gasteiger partial charge in [-0.15, -0.1) is 0 Å². The maximum atomic E-state index is 11.9. The quantitative estimate of drug-likeness (QED) is 0.824. The van der Waals surface area contributed by atoms with Gasteiger partial charge in [-0.2, -0.15) is 0 Å². The van der Waals surface area contributed by atoms with Crippen molar-refractivity contribution in [1.29, 1.82) is 0 Å². The zero-order valence-electron chi connectivity index (χ0n) is 16.8. The Labute approximate surface area is 166 Å². The molecule has 1 aromatic rings. The summed E-state index contributed by atoms with van der Waals surface area (Å²) in [5.41, 5.74) is 0.630. The minimum Gasteiger partial charge on any atom is -0.496 e. The van der Waals surface area contributed by atoms with E-state index >= 15 is 0 Å². The van der Waals surface area contributed by atoms with Crippen LogP contribution in [0, 0.1) is 17.3 Å². The topological polar surface area (TPSA) is 74.2 Å². The number of carboxylic acids is 1. The number of fused-ring (bicyclic) bond motifs is 1. The van der Waals surface area contributed by atoms with E-state index in [9.17, 15) is 9.90 Å². The van der Waals surface area contributed by atoms with Gasteiger partial charge in [0.2, 0.25) is 0 Å². The molecule has 1 heterocycles. The monoisotopic (exact) mass is 390 g/mol. The number of hydrogen-bond acceptors (Lipinski definition) is 5. The molecule has 1 spiro atoms. The van der Waals surface area contributed by atoms with Gasteiger partial charge in [-0.1, -0.05) is 32.0 Å². The Balaban J connectivity index is 1.40. The van der Waals surface area contributed by atoms with Crippen LogP contribution in [0.25, 0.3) is 0 Å². The zero-order valence-corrected chi connectivity index (χ0v) is 16.8. The molecular weight excluding hydrogens is 360 g/mol. The summed E-state index contributed by atoms with van der Waals surface area (Å²) in [4.78, 5) is 11.9. The van der Waals surface area contributed by atoms with Gasteiger partial charge < -0.3 is 24.1 Å². The van der Waals surface area contributed by atoms with Crippen molar-refractivity contribution in [2.45, 2.75) is 57.5 Å². The standard InChI is InChI=1S/C22H30O6/c1-21(2)12-26-22(27-13-21)10-14-8-16(9-15(14)11-22)28-19(20(23)24)17-6-4-5-7-18(17)25-3/h4-7,14-16,19H,8-13H2,1-3H3,(H,23,24)/t14-,15+,16?,19?. The van der Waals surface area contributed by atoms with E-state index in [-0.39, 0.29) is 11.5 Å². The number of carbonyl (C=O) groups is 1. The Hall–Kier alpha value is -1.63. The molecule has 1 aliphatic heterocycles. The molecule has 4 atom stereocenters. The molecule has 154 valence electrons. The molecule has 0 radical (unpaired) electrons. The number of ether oxygens (including phenoxy) is 4. The van der Waals surface area contributed by atoms with Crippen molar-refractivity contribution in [3.8, 4) is 5.75 Å². The molecule has 0 amide bonds. The van der Waals surface area contributed by atoms with Gasteiger partial charge in [0.25, 0.3) is 0 Å². The average molecular weight is 390 g/mol. The van der Waals surface area contributed by atoms with Crippen molar-refractivity contribution in [3.63, 3.8) is 0 Å². The van der Waals surface area contributed by atoms with E-state index in [1.165, 1.54) is 0 Å². The van der Waals surface area contributed by atoms with Crippen LogP contribution in [-0.4, -0.2) is 43.3 Å². The van der Waals surface area contributed by atoms with Gasteiger partial charge in [0.1, 0.15) is 5.75 Å². The van der Waals surface area contributed by atoms with Gasteiger partial charge in [-0.25, -0.2) is 4.79 Å². The molecule has 0 aromatic heterocycles. The lowest BCUT2D eigenvalue weighted by Gasteiger charge is -2.42. The third-order valence-electron chi connectivity index (χ3n) is 6.37. The van der Waals surface area contributed by atoms with E-state index in [1.807, 2.05) is 12.1 Å². The van der Waals surface area contributed by atoms with Crippen LogP contribution in [0.1, 0.15) is 51.2 Å². The van der Waals surface area contributed by atoms with Crippen LogP contribution in [0.15, 0.2) is 24.3 Å². The molecule has 0 bridgehead atoms. The van der Waals surface area contributed by atoms with Crippen LogP contribution >= 0.6 is 0 Å². The summed E-state index contributed by atoms with van der Waals surface area (Å²) < 4.78 is 23.7. The predicted octanol–water partition coefficient (Wildman–Crippen LogP) is 3.80. The van der Waals surface area contributed by atoms with E-state index < -0.39 is 17.9 Å². The number of rotatable bonds is 5. The molecule has 2 saturated carbocycles. The molecule has 6 nitrogen and oxygen atoms in total. The summed E-state index contributed by atoms with van der Waals surface area (Å²) in [6, 6.07) is 7.16. The second-order valence-electron chi connectivity index (χ2n) is 9.27. The van der Waals surface area contributed by atoms with Crippen molar-refractivity contribution >= 4 is 5.97 Å². The van der Waals surface area contributed by atoms with Crippen molar-refractivity contribution in [1.82, 2.24) is 0 Å². The lowest BCUT2D eigenvalue weighted by Crippen LogP contribution is -2.46. The third-order valence-corrected chi connectivity index (χ3v) is 6.37. The highest BCUT2D eigenvalue weighted by Crippen LogP contribution is 2.53. The lowest BCUT2D eigenvalue weighted by molar-refractivity contribution is -0.298. The molecule has 1 saturated heterocycles. The molecule has 6 heteroatoms. The first-order chi connectivity index (χ1) is 13.3. The van der Waals surface area contributed by atoms with Crippen LogP contribution in [-0.2, 0) is 19.0 Å². The van der Waals surface area contributed by atoms with Crippen LogP contribution < -0.4 is 4.74 Å². The highest BCUT2D eigenvalue weighted by molar-refractivity contribution is 5.75. The van der Waals surface area contributed by atoms with E-state index in [1.54, 1.807) is 19.2 Å². The van der Waals surface area contributed by atoms with Crippen LogP contribution in [0.2, 0.25) is 0 Å². The highest BCUT2D eigenvalue weighted by atomic mass is 16.7. The third kappa shape index (κ3) is 3.78. The van der Waals surface area contributed by atoms with Gasteiger partial charge in [0.05, 0.1) is 26.4 Å². The first-order valence-electron chi connectivity index (χ1n) is 10.1. The van der Waals surface area contributed by atoms with Crippen molar-refractivity contribution in [2.24, 2.45) is 17.3 Å². The first kappa shape index (κ1) is 19.7. The van der Waals surface area contributed by atoms with Gasteiger partial charge in [-0.3, -0.25) is 0 Å². The lowest BCUT2D eigenvalue weighted by atomic mass is 9.94. The smallest absolute Gasteiger partial charge is 0.337 e. The van der Waals surface area contributed by atoms with E-state index in [0.717, 1.165) is 38.9 Å². The fraction of sp³-hybridized carbons (Fsp3) is 0.682. The van der Waals surface area contributed by atoms with Crippen LogP contribution in [0.5, 0.6) is 5.75 Å². The van der Waals surface area contributed by atoms with Gasteiger partial charge in [0, 0.05) is 23.8 Å². The molecule has 2 aliphatic carbocycles. The fourth-order valence-electron chi connectivity index (χ4n) is 4.96. The van der Waals surface area contributed by atoms with E-state index in [0.29, 0.717) is 23.1 Å². The van der Waals surface area contributed by atoms with E-state index in [2.05, 4.69) is 13.8 Å². The molecule has 28 heavy (non-hydrogen) atoms. The molecule has 4 rings (SSSR count). The van der Waals surface area contributed by atoms with Crippen LogP contribution in [0.4, 0.5) is 0 Å². The van der Waals surface area contributed by atoms with Gasteiger partial charge in [0.15, 0.2) is 11.9 Å². The number of benzene rings is 1. The minimum atomic E-state index is -1.02. The fourth-order valence-corrected chi connectivity index (χ4v) is 4.96. The van der Waals surface area contributed by atoms with E-state index in [4.69, 9.17) is 18.9 Å². The largest absolute Gasteiger partial charge is 0.496 e. The summed E-state index contributed by atoms with van der Waals surface area (Å²) in [5, 5.41) is 9.74. The van der Waals surface area contributed by atoms with Crippen molar-refractivity contribution in [2.75, 3.05) is 20.3 Å². The van der Waals surface area contributed by atoms with Crippen molar-refractivity contribution < 1.29 is 28.8 Å². The van der Waals surface area contributed by atoms with Gasteiger partial charge in [-0.05, 0) is 30.7 Å². The summed E-state index contributed by atoms with van der Waals surface area (Å²) in [7, 11) is 1.54. The second-order valence-corrected chi connectivity index (χ2v) is 9.27. The Bertz CT molecular complexity index is 703. The zero-order chi connectivity index (χ0) is 19.9. The summed E-state index contributed by atoms with van der Waals surface area (Å²) >= 11 is 0. The summed E-state index contributed by atoms with van der Waals surface area (Å²) in [6.45, 7) is 5.76. The number of hydrogen-bond donors (Lipinski definition) is 1. The number of aliphatic carboxylic acids is 1. The summed E-state index contributed by atoms with van der Waals surface area (Å²) in [5.74, 6) is 0.0273. The Morgan fingerprint density at radius 3 is 2.32 bits per heavy atom. The van der Waals surface area contributed by atoms with Gasteiger partial charge >= 0.3 is 5.97 Å². The minimum absolute atomic E-state index is 0.0675. The molecule has 3 aliphatic rings. The number of methoxy groups -OCH3 is 1. The maximum absolute atomic E-state index is 11.9. The van der Waals surface area contributed by atoms with Crippen molar-refractivity contribution in [3.05, 3.63) is 29.8 Å². The maximum Gasteiger partial charge on any atom is 0.337 e. The normalized spacial score (nSPS) is 31.5. The molecule has 1 N–H and O–H groups in total. The predicted molar refractivity (Wildman–Crippen MR) is 102 cm³/mol. The Morgan fingerprint density at radius 2 is 1.75 bits per heavy atom. The molecule has 3 fully saturated rings. The molecule has 1 aromatic carbocycles. The second kappa shape index (κ2) is 7.32. The Kier molecular flexibility index (Phi) is 5.14. The first-order valence-corrected chi connectivity index (χ1v) is 10.1. The Morgan fingerprint density at radius 1 is 1.14 bits per heavy atom. The van der Waals surface area contributed by atoms with Crippen LogP contribution in [0.3, 0.4) is 0 Å². The summed E-state index contributed by atoms with van der Waals surface area (Å²) in [6.07, 6.45) is 2.36. The molecule has 2 unspecified atom stereocenters. The number of carboxylic acid groups (broad SMARTS) is 1.